The van der Waals surface area contributed by atoms with Crippen molar-refractivity contribution in [3.05, 3.63) is 35.9 Å². The number of hydrogen-bond donors (Lipinski definition) is 1. The summed E-state index contributed by atoms with van der Waals surface area (Å²) in [7, 11) is 1.71. The van der Waals surface area contributed by atoms with E-state index in [9.17, 15) is 9.59 Å². The first-order valence-corrected chi connectivity index (χ1v) is 9.11. The van der Waals surface area contributed by atoms with Gasteiger partial charge in [0, 0.05) is 12.3 Å². The first kappa shape index (κ1) is 20.6. The molecular formula is C20H29NO5. The van der Waals surface area contributed by atoms with Gasteiger partial charge in [0.25, 0.3) is 0 Å². The molecule has 0 radical (unpaired) electrons. The zero-order valence-electron chi connectivity index (χ0n) is 15.8. The maximum absolute atomic E-state index is 12.3. The van der Waals surface area contributed by atoms with Crippen LogP contribution in [0.3, 0.4) is 0 Å². The number of cyclic esters (lactones) is 1. The van der Waals surface area contributed by atoms with Gasteiger partial charge in [0.05, 0.1) is 25.9 Å². The average Bonchev–Trinajstić information content (AvgIpc) is 2.66. The van der Waals surface area contributed by atoms with Crippen molar-refractivity contribution < 1.29 is 23.8 Å². The molecule has 1 aliphatic rings. The molecule has 1 aromatic rings. The Kier molecular flexibility index (Phi) is 8.22. The lowest BCUT2D eigenvalue weighted by Crippen LogP contribution is -2.43. The van der Waals surface area contributed by atoms with Gasteiger partial charge in [-0.3, -0.25) is 9.59 Å². The summed E-state index contributed by atoms with van der Waals surface area (Å²) >= 11 is 0. The number of carbonyl (C=O) groups excluding carboxylic acids is 2. The monoisotopic (exact) mass is 363 g/mol. The minimum absolute atomic E-state index is 0.0164. The fourth-order valence-corrected chi connectivity index (χ4v) is 3.12. The highest BCUT2D eigenvalue weighted by Gasteiger charge is 2.34. The number of esters is 1. The predicted octanol–water partition coefficient (Wildman–Crippen LogP) is 1.76. The van der Waals surface area contributed by atoms with Crippen LogP contribution in [0.15, 0.2) is 30.3 Å². The lowest BCUT2D eigenvalue weighted by molar-refractivity contribution is -0.160. The fourth-order valence-electron chi connectivity index (χ4n) is 3.12. The SMILES string of the molecule is CN[C@H]1COC[C@H](Cc2ccccc2)[C@@H](OCCC(C)=O)[C@H](C)OC1=O. The van der Waals surface area contributed by atoms with Crippen molar-refractivity contribution in [3.8, 4) is 0 Å². The summed E-state index contributed by atoms with van der Waals surface area (Å²) < 4.78 is 17.4. The van der Waals surface area contributed by atoms with Crippen molar-refractivity contribution in [3.63, 3.8) is 0 Å². The second-order valence-corrected chi connectivity index (χ2v) is 6.76. The van der Waals surface area contributed by atoms with E-state index in [0.717, 1.165) is 6.42 Å². The Morgan fingerprint density at radius 1 is 1.27 bits per heavy atom. The van der Waals surface area contributed by atoms with E-state index in [2.05, 4.69) is 17.4 Å². The summed E-state index contributed by atoms with van der Waals surface area (Å²) in [6.45, 7) is 4.40. The third kappa shape index (κ3) is 6.20. The zero-order valence-corrected chi connectivity index (χ0v) is 15.8. The molecular weight excluding hydrogens is 334 g/mol. The number of Topliss-reactive ketones (excluding diaryl/α,β-unsaturated/α-hetero) is 1. The van der Waals surface area contributed by atoms with Gasteiger partial charge < -0.3 is 19.5 Å². The van der Waals surface area contributed by atoms with Crippen molar-refractivity contribution >= 4 is 11.8 Å². The largest absolute Gasteiger partial charge is 0.459 e. The molecule has 4 atom stereocenters. The molecule has 1 N–H and O–H groups in total. The van der Waals surface area contributed by atoms with E-state index in [1.54, 1.807) is 7.05 Å². The molecule has 0 unspecified atom stereocenters. The Morgan fingerprint density at radius 3 is 2.65 bits per heavy atom. The van der Waals surface area contributed by atoms with Crippen LogP contribution in [-0.4, -0.2) is 56.9 Å². The van der Waals surface area contributed by atoms with E-state index < -0.39 is 12.1 Å². The summed E-state index contributed by atoms with van der Waals surface area (Å²) in [4.78, 5) is 23.5. The molecule has 144 valence electrons. The molecule has 6 nitrogen and oxygen atoms in total. The second kappa shape index (κ2) is 10.4. The molecule has 1 fully saturated rings. The molecule has 26 heavy (non-hydrogen) atoms. The molecule has 0 bridgehead atoms. The molecule has 1 heterocycles. The average molecular weight is 363 g/mol. The van der Waals surface area contributed by atoms with Gasteiger partial charge in [-0.2, -0.15) is 0 Å². The number of ketones is 1. The van der Waals surface area contributed by atoms with E-state index in [4.69, 9.17) is 14.2 Å². The third-order valence-corrected chi connectivity index (χ3v) is 4.58. The maximum Gasteiger partial charge on any atom is 0.325 e. The van der Waals surface area contributed by atoms with E-state index in [1.807, 2.05) is 25.1 Å². The number of benzene rings is 1. The van der Waals surface area contributed by atoms with Crippen LogP contribution in [0.4, 0.5) is 0 Å². The Hall–Kier alpha value is -1.76. The van der Waals surface area contributed by atoms with E-state index >= 15 is 0 Å². The molecule has 1 saturated heterocycles. The highest BCUT2D eigenvalue weighted by molar-refractivity contribution is 5.76. The van der Waals surface area contributed by atoms with Gasteiger partial charge in [-0.25, -0.2) is 0 Å². The van der Waals surface area contributed by atoms with Gasteiger partial charge in [-0.05, 0) is 32.9 Å². The number of carbonyl (C=O) groups is 2. The molecule has 1 aliphatic heterocycles. The summed E-state index contributed by atoms with van der Waals surface area (Å²) in [5.74, 6) is -0.257. The number of hydrogen-bond acceptors (Lipinski definition) is 6. The molecule has 6 heteroatoms. The minimum atomic E-state index is -0.495. The number of rotatable bonds is 7. The highest BCUT2D eigenvalue weighted by Crippen LogP contribution is 2.22. The highest BCUT2D eigenvalue weighted by atomic mass is 16.6. The fraction of sp³-hybridized carbons (Fsp3) is 0.600. The number of likely N-dealkylation sites (N-methyl/N-ethyl adjacent to an activating group) is 1. The van der Waals surface area contributed by atoms with Gasteiger partial charge in [-0.15, -0.1) is 0 Å². The van der Waals surface area contributed by atoms with Crippen LogP contribution in [0.2, 0.25) is 0 Å². The predicted molar refractivity (Wildman–Crippen MR) is 97.9 cm³/mol. The number of ether oxygens (including phenoxy) is 3. The second-order valence-electron chi connectivity index (χ2n) is 6.76. The summed E-state index contributed by atoms with van der Waals surface area (Å²) in [6, 6.07) is 9.60. The topological polar surface area (TPSA) is 73.9 Å². The lowest BCUT2D eigenvalue weighted by Gasteiger charge is -2.30. The maximum atomic E-state index is 12.3. The van der Waals surface area contributed by atoms with Crippen LogP contribution in [0.1, 0.15) is 25.8 Å². The van der Waals surface area contributed by atoms with Gasteiger partial charge in [0.1, 0.15) is 17.9 Å². The van der Waals surface area contributed by atoms with Crippen LogP contribution in [-0.2, 0) is 30.2 Å². The molecule has 0 aliphatic carbocycles. The molecule has 0 amide bonds. The summed E-state index contributed by atoms with van der Waals surface area (Å²) in [6.07, 6.45) is 0.322. The van der Waals surface area contributed by atoms with Crippen LogP contribution in [0.25, 0.3) is 0 Å². The Labute approximate surface area is 155 Å². The van der Waals surface area contributed by atoms with Crippen molar-refractivity contribution in [2.24, 2.45) is 5.92 Å². The molecule has 2 rings (SSSR count). The Balaban J connectivity index is 2.16. The zero-order chi connectivity index (χ0) is 18.9. The number of nitrogens with one attached hydrogen (secondary N) is 1. The quantitative estimate of drug-likeness (QED) is 0.744. The lowest BCUT2D eigenvalue weighted by atomic mass is 9.91. The van der Waals surface area contributed by atoms with Gasteiger partial charge in [0.15, 0.2) is 0 Å². The molecule has 1 aromatic carbocycles. The molecule has 0 saturated carbocycles. The van der Waals surface area contributed by atoms with Gasteiger partial charge in [-0.1, -0.05) is 30.3 Å². The smallest absolute Gasteiger partial charge is 0.325 e. The van der Waals surface area contributed by atoms with E-state index in [0.29, 0.717) is 19.6 Å². The van der Waals surface area contributed by atoms with Crippen molar-refractivity contribution in [2.75, 3.05) is 26.9 Å². The van der Waals surface area contributed by atoms with E-state index in [1.165, 1.54) is 12.5 Å². The van der Waals surface area contributed by atoms with Gasteiger partial charge in [0.2, 0.25) is 0 Å². The Morgan fingerprint density at radius 2 is 2.00 bits per heavy atom. The van der Waals surface area contributed by atoms with Crippen LogP contribution >= 0.6 is 0 Å². The van der Waals surface area contributed by atoms with E-state index in [-0.39, 0.29) is 30.4 Å². The standard InChI is InChI=1S/C20H29NO5/c1-14(22)9-10-25-19-15(2)26-20(23)18(21-3)13-24-12-17(19)11-16-7-5-4-6-8-16/h4-8,15,17-19,21H,9-13H2,1-3H3/t15-,17-,18-,19-/m0/s1. The summed E-state index contributed by atoms with van der Waals surface area (Å²) in [5.41, 5.74) is 1.17. The third-order valence-electron chi connectivity index (χ3n) is 4.58. The van der Waals surface area contributed by atoms with Crippen molar-refractivity contribution in [2.45, 2.75) is 44.9 Å². The summed E-state index contributed by atoms with van der Waals surface area (Å²) in [5, 5.41) is 2.92. The normalized spacial score (nSPS) is 27.1. The van der Waals surface area contributed by atoms with Crippen LogP contribution in [0, 0.1) is 5.92 Å². The van der Waals surface area contributed by atoms with Gasteiger partial charge >= 0.3 is 5.97 Å². The molecule has 0 aromatic heterocycles. The van der Waals surface area contributed by atoms with Crippen LogP contribution in [0.5, 0.6) is 0 Å². The first-order chi connectivity index (χ1) is 12.5. The Bertz CT molecular complexity index is 577. The van der Waals surface area contributed by atoms with Crippen molar-refractivity contribution in [1.82, 2.24) is 5.32 Å². The van der Waals surface area contributed by atoms with Crippen LogP contribution < -0.4 is 5.32 Å². The minimum Gasteiger partial charge on any atom is -0.459 e. The first-order valence-electron chi connectivity index (χ1n) is 9.11. The molecule has 0 spiro atoms. The van der Waals surface area contributed by atoms with Crippen molar-refractivity contribution in [1.29, 1.82) is 0 Å².